The number of halogens is 4. The lowest BCUT2D eigenvalue weighted by Crippen LogP contribution is -2.55. The van der Waals surface area contributed by atoms with Gasteiger partial charge in [-0.15, -0.1) is 0 Å². The van der Waals surface area contributed by atoms with E-state index in [-0.39, 0.29) is 25.5 Å². The first-order valence-corrected chi connectivity index (χ1v) is 6.49. The van der Waals surface area contributed by atoms with E-state index in [2.05, 4.69) is 5.32 Å². The predicted octanol–water partition coefficient (Wildman–Crippen LogP) is 3.08. The number of likely N-dealkylation sites (tertiary alicyclic amines) is 1. The van der Waals surface area contributed by atoms with Crippen molar-refractivity contribution in [3.05, 3.63) is 28.8 Å². The van der Waals surface area contributed by atoms with E-state index in [9.17, 15) is 18.0 Å². The van der Waals surface area contributed by atoms with E-state index in [0.717, 1.165) is 5.56 Å². The van der Waals surface area contributed by atoms with E-state index >= 15 is 0 Å². The predicted molar refractivity (Wildman–Crippen MR) is 70.8 cm³/mol. The first-order valence-electron chi connectivity index (χ1n) is 6.11. The number of nitrogens with zero attached hydrogens (tertiary/aromatic N) is 1. The number of rotatable bonds is 3. The van der Waals surface area contributed by atoms with Crippen LogP contribution in [0.5, 0.6) is 0 Å². The Morgan fingerprint density at radius 3 is 2.70 bits per heavy atom. The van der Waals surface area contributed by atoms with Crippen LogP contribution < -0.4 is 5.32 Å². The van der Waals surface area contributed by atoms with Gasteiger partial charge in [-0.2, -0.15) is 13.2 Å². The fourth-order valence-electron chi connectivity index (χ4n) is 2.04. The van der Waals surface area contributed by atoms with Crippen LogP contribution in [0, 0.1) is 12.8 Å². The van der Waals surface area contributed by atoms with Crippen LogP contribution in [0.3, 0.4) is 0 Å². The van der Waals surface area contributed by atoms with Crippen LogP contribution in [0.4, 0.5) is 18.9 Å². The summed E-state index contributed by atoms with van der Waals surface area (Å²) in [6.45, 7) is 1.48. The zero-order chi connectivity index (χ0) is 14.9. The molecular weight excluding hydrogens is 293 g/mol. The molecule has 0 unspecified atom stereocenters. The van der Waals surface area contributed by atoms with Crippen molar-refractivity contribution < 1.29 is 18.0 Å². The number of anilines is 1. The maximum atomic E-state index is 12.3. The van der Waals surface area contributed by atoms with Gasteiger partial charge in [-0.05, 0) is 24.6 Å². The van der Waals surface area contributed by atoms with Gasteiger partial charge in [0.05, 0.1) is 12.5 Å². The molecule has 110 valence electrons. The molecule has 20 heavy (non-hydrogen) atoms. The third-order valence-electron chi connectivity index (χ3n) is 3.33. The number of benzene rings is 1. The highest BCUT2D eigenvalue weighted by Gasteiger charge is 2.47. The molecule has 1 aromatic rings. The van der Waals surface area contributed by atoms with Crippen molar-refractivity contribution >= 4 is 23.2 Å². The Balaban J connectivity index is 1.84. The third-order valence-corrected chi connectivity index (χ3v) is 3.74. The molecule has 1 heterocycles. The Bertz CT molecular complexity index is 513. The van der Waals surface area contributed by atoms with Crippen molar-refractivity contribution in [3.63, 3.8) is 0 Å². The summed E-state index contributed by atoms with van der Waals surface area (Å²) in [5.41, 5.74) is 1.31. The highest BCUT2D eigenvalue weighted by atomic mass is 35.5. The average molecular weight is 307 g/mol. The second-order valence-corrected chi connectivity index (χ2v) is 5.30. The van der Waals surface area contributed by atoms with Gasteiger partial charge in [0.2, 0.25) is 5.91 Å². The fourth-order valence-corrected chi connectivity index (χ4v) is 2.22. The van der Waals surface area contributed by atoms with Crippen LogP contribution in [0.1, 0.15) is 5.56 Å². The minimum Gasteiger partial charge on any atom is -0.325 e. The summed E-state index contributed by atoms with van der Waals surface area (Å²) in [5, 5.41) is 3.19. The molecule has 1 fully saturated rings. The summed E-state index contributed by atoms with van der Waals surface area (Å²) in [6, 6.07) is 5.11. The molecule has 0 aliphatic carbocycles. The molecule has 1 N–H and O–H groups in total. The number of amides is 1. The van der Waals surface area contributed by atoms with Gasteiger partial charge in [0.15, 0.2) is 0 Å². The molecule has 1 aromatic carbocycles. The van der Waals surface area contributed by atoms with Crippen molar-refractivity contribution in [2.24, 2.45) is 5.92 Å². The highest BCUT2D eigenvalue weighted by molar-refractivity contribution is 6.31. The summed E-state index contributed by atoms with van der Waals surface area (Å²) in [4.78, 5) is 13.2. The van der Waals surface area contributed by atoms with Crippen LogP contribution in [-0.4, -0.2) is 36.6 Å². The van der Waals surface area contributed by atoms with E-state index in [4.69, 9.17) is 11.6 Å². The van der Waals surface area contributed by atoms with E-state index in [1.165, 1.54) is 4.90 Å². The van der Waals surface area contributed by atoms with Crippen LogP contribution in [-0.2, 0) is 4.79 Å². The van der Waals surface area contributed by atoms with Gasteiger partial charge in [-0.3, -0.25) is 9.69 Å². The van der Waals surface area contributed by atoms with Gasteiger partial charge in [-0.1, -0.05) is 17.7 Å². The molecule has 0 saturated carbocycles. The summed E-state index contributed by atoms with van der Waals surface area (Å²) in [7, 11) is 0. The maximum absolute atomic E-state index is 12.3. The van der Waals surface area contributed by atoms with Gasteiger partial charge in [0, 0.05) is 23.8 Å². The lowest BCUT2D eigenvalue weighted by atomic mass is 10.00. The Kier molecular flexibility index (Phi) is 4.25. The number of hydrogen-bond acceptors (Lipinski definition) is 2. The van der Waals surface area contributed by atoms with Gasteiger partial charge >= 0.3 is 6.18 Å². The number of alkyl halides is 3. The SMILES string of the molecule is Cc1c(Cl)cccc1NC(=O)CN1CC(C(F)(F)F)C1. The van der Waals surface area contributed by atoms with Gasteiger partial charge in [-0.25, -0.2) is 0 Å². The lowest BCUT2D eigenvalue weighted by Gasteiger charge is -2.39. The Morgan fingerprint density at radius 1 is 1.45 bits per heavy atom. The van der Waals surface area contributed by atoms with Crippen LogP contribution in [0.25, 0.3) is 0 Å². The summed E-state index contributed by atoms with van der Waals surface area (Å²) in [6.07, 6.45) is -4.17. The maximum Gasteiger partial charge on any atom is 0.394 e. The van der Waals surface area contributed by atoms with Crippen molar-refractivity contribution in [1.29, 1.82) is 0 Å². The Morgan fingerprint density at radius 2 is 2.10 bits per heavy atom. The molecular formula is C13H14ClF3N2O. The van der Waals surface area contributed by atoms with Crippen molar-refractivity contribution in [1.82, 2.24) is 4.90 Å². The van der Waals surface area contributed by atoms with E-state index in [1.807, 2.05) is 0 Å². The third kappa shape index (κ3) is 3.43. The average Bonchev–Trinajstić information content (AvgIpc) is 2.27. The molecule has 1 saturated heterocycles. The Hall–Kier alpha value is -1.27. The van der Waals surface area contributed by atoms with Gasteiger partial charge in [0.25, 0.3) is 0 Å². The van der Waals surface area contributed by atoms with Crippen LogP contribution in [0.2, 0.25) is 5.02 Å². The monoisotopic (exact) mass is 306 g/mol. The second-order valence-electron chi connectivity index (χ2n) is 4.89. The number of nitrogens with one attached hydrogen (secondary N) is 1. The summed E-state index contributed by atoms with van der Waals surface area (Å²) in [5.74, 6) is -1.65. The number of carbonyl (C=O) groups is 1. The molecule has 0 radical (unpaired) electrons. The standard InChI is InChI=1S/C13H14ClF3N2O/c1-8-10(14)3-2-4-11(8)18-12(20)7-19-5-9(6-19)13(15,16)17/h2-4,9H,5-7H2,1H3,(H,18,20). The molecule has 0 atom stereocenters. The summed E-state index contributed by atoms with van der Waals surface area (Å²) < 4.78 is 36.9. The first kappa shape index (κ1) is 15.1. The minimum atomic E-state index is -4.17. The minimum absolute atomic E-state index is 0.0431. The quantitative estimate of drug-likeness (QED) is 0.931. The molecule has 3 nitrogen and oxygen atoms in total. The number of carbonyl (C=O) groups excluding carboxylic acids is 1. The van der Waals surface area contributed by atoms with Gasteiger partial charge < -0.3 is 5.32 Å². The molecule has 1 aliphatic heterocycles. The molecule has 1 amide bonds. The lowest BCUT2D eigenvalue weighted by molar-refractivity contribution is -0.208. The number of hydrogen-bond donors (Lipinski definition) is 1. The van der Waals surface area contributed by atoms with Gasteiger partial charge in [0.1, 0.15) is 0 Å². The molecule has 2 rings (SSSR count). The highest BCUT2D eigenvalue weighted by Crippen LogP contribution is 2.33. The zero-order valence-electron chi connectivity index (χ0n) is 10.8. The van der Waals surface area contributed by atoms with Crippen molar-refractivity contribution in [3.8, 4) is 0 Å². The van der Waals surface area contributed by atoms with Crippen LogP contribution >= 0.6 is 11.6 Å². The largest absolute Gasteiger partial charge is 0.394 e. The zero-order valence-corrected chi connectivity index (χ0v) is 11.6. The summed E-state index contributed by atoms with van der Waals surface area (Å²) >= 11 is 5.92. The van der Waals surface area contributed by atoms with Crippen molar-refractivity contribution in [2.45, 2.75) is 13.1 Å². The second kappa shape index (κ2) is 5.61. The van der Waals surface area contributed by atoms with E-state index in [1.54, 1.807) is 25.1 Å². The molecule has 7 heteroatoms. The smallest absolute Gasteiger partial charge is 0.325 e. The molecule has 0 aromatic heterocycles. The topological polar surface area (TPSA) is 32.3 Å². The Labute approximate surface area is 119 Å². The van der Waals surface area contributed by atoms with E-state index < -0.39 is 12.1 Å². The molecule has 0 bridgehead atoms. The van der Waals surface area contributed by atoms with E-state index in [0.29, 0.717) is 10.7 Å². The normalized spacial score (nSPS) is 16.9. The molecule has 0 spiro atoms. The molecule has 1 aliphatic rings. The van der Waals surface area contributed by atoms with Crippen LogP contribution in [0.15, 0.2) is 18.2 Å². The van der Waals surface area contributed by atoms with Crippen molar-refractivity contribution in [2.75, 3.05) is 25.0 Å². The fraction of sp³-hybridized carbons (Fsp3) is 0.462. The first-order chi connectivity index (χ1) is 9.27.